The van der Waals surface area contributed by atoms with Gasteiger partial charge in [-0.05, 0) is 52.2 Å². The summed E-state index contributed by atoms with van der Waals surface area (Å²) in [6.45, 7) is 9.61. The Morgan fingerprint density at radius 3 is 2.56 bits per heavy atom. The zero-order valence-electron chi connectivity index (χ0n) is 16.3. The third-order valence-corrected chi connectivity index (χ3v) is 6.27. The molecule has 2 N–H and O–H groups in total. The number of aromatic amines is 1. The Bertz CT molecular complexity index is 1040. The lowest BCUT2D eigenvalue weighted by atomic mass is 10.1. The number of aromatic nitrogens is 3. The van der Waals surface area contributed by atoms with Gasteiger partial charge in [-0.25, -0.2) is 13.1 Å². The lowest BCUT2D eigenvalue weighted by molar-refractivity contribution is 0.528. The highest BCUT2D eigenvalue weighted by molar-refractivity contribution is 7.89. The molecule has 0 bridgehead atoms. The summed E-state index contributed by atoms with van der Waals surface area (Å²) in [7, 11) is -3.61. The summed E-state index contributed by atoms with van der Waals surface area (Å²) in [5.74, 6) is 0. The number of benzene rings is 1. The molecule has 1 aromatic carbocycles. The molecular formula is C19H27ClN4O2S. The van der Waals surface area contributed by atoms with Crippen LogP contribution in [0.2, 0.25) is 0 Å². The predicted octanol–water partition coefficient (Wildman–Crippen LogP) is 3.89. The molecular weight excluding hydrogens is 384 g/mol. The Morgan fingerprint density at radius 1 is 1.22 bits per heavy atom. The Labute approximate surface area is 166 Å². The number of para-hydroxylation sites is 1. The van der Waals surface area contributed by atoms with Crippen LogP contribution in [-0.2, 0) is 16.4 Å². The quantitative estimate of drug-likeness (QED) is 0.646. The summed E-state index contributed by atoms with van der Waals surface area (Å²) < 4.78 is 30.0. The molecule has 0 spiro atoms. The van der Waals surface area contributed by atoms with E-state index in [4.69, 9.17) is 0 Å². The van der Waals surface area contributed by atoms with Crippen LogP contribution in [-0.4, -0.2) is 29.2 Å². The summed E-state index contributed by atoms with van der Waals surface area (Å²) in [4.78, 5) is 3.53. The van der Waals surface area contributed by atoms with E-state index < -0.39 is 10.0 Å². The molecule has 0 aliphatic rings. The molecule has 0 radical (unpaired) electrons. The summed E-state index contributed by atoms with van der Waals surface area (Å²) in [6.07, 6.45) is 4.18. The largest absolute Gasteiger partial charge is 0.361 e. The number of fused-ring (bicyclic) bond motifs is 1. The third kappa shape index (κ3) is 4.36. The number of rotatable bonds is 6. The Kier molecular flexibility index (Phi) is 6.39. The van der Waals surface area contributed by atoms with E-state index in [0.717, 1.165) is 16.5 Å². The zero-order chi connectivity index (χ0) is 19.1. The van der Waals surface area contributed by atoms with Crippen LogP contribution in [0, 0.1) is 13.8 Å². The molecule has 0 saturated carbocycles. The zero-order valence-corrected chi connectivity index (χ0v) is 17.9. The standard InChI is InChI=1S/C19H26N4O2S.ClH/c1-12(2)23-11-18(15(5)21-23)26(24,25)22-14(4)9-16-10-20-19-13(3)7-6-8-17(16)19;/h6-8,10-12,14,20,22H,9H2,1-5H3;1H. The number of nitrogens with zero attached hydrogens (tertiary/aromatic N) is 2. The lowest BCUT2D eigenvalue weighted by Gasteiger charge is -2.13. The summed E-state index contributed by atoms with van der Waals surface area (Å²) in [6, 6.07) is 6.02. The van der Waals surface area contributed by atoms with Gasteiger partial charge in [-0.3, -0.25) is 4.68 Å². The van der Waals surface area contributed by atoms with Gasteiger partial charge in [0.1, 0.15) is 4.90 Å². The van der Waals surface area contributed by atoms with Crippen molar-refractivity contribution < 1.29 is 8.42 Å². The monoisotopic (exact) mass is 410 g/mol. The van der Waals surface area contributed by atoms with E-state index in [0.29, 0.717) is 12.1 Å². The summed E-state index contributed by atoms with van der Waals surface area (Å²) in [5, 5.41) is 5.44. The maximum atomic E-state index is 12.8. The fourth-order valence-electron chi connectivity index (χ4n) is 3.23. The fraction of sp³-hybridized carbons (Fsp3) is 0.421. The van der Waals surface area contributed by atoms with E-state index in [-0.39, 0.29) is 29.4 Å². The van der Waals surface area contributed by atoms with Crippen molar-refractivity contribution in [3.05, 3.63) is 47.4 Å². The minimum atomic E-state index is -3.61. The maximum Gasteiger partial charge on any atom is 0.244 e. The van der Waals surface area contributed by atoms with E-state index >= 15 is 0 Å². The molecule has 148 valence electrons. The van der Waals surface area contributed by atoms with Gasteiger partial charge in [-0.15, -0.1) is 12.4 Å². The Morgan fingerprint density at radius 2 is 1.93 bits per heavy atom. The molecule has 0 saturated heterocycles. The summed E-state index contributed by atoms with van der Waals surface area (Å²) in [5.41, 5.74) is 3.90. The van der Waals surface area contributed by atoms with E-state index in [1.807, 2.05) is 33.0 Å². The van der Waals surface area contributed by atoms with Crippen molar-refractivity contribution in [3.8, 4) is 0 Å². The first kappa shape index (κ1) is 21.5. The molecule has 2 aromatic heterocycles. The van der Waals surface area contributed by atoms with Gasteiger partial charge < -0.3 is 4.98 Å². The number of halogens is 1. The molecule has 0 aliphatic heterocycles. The van der Waals surface area contributed by atoms with E-state index in [1.165, 1.54) is 5.56 Å². The van der Waals surface area contributed by atoms with Crippen LogP contribution >= 0.6 is 12.4 Å². The number of hydrogen-bond donors (Lipinski definition) is 2. The van der Waals surface area contributed by atoms with Gasteiger partial charge in [0, 0.05) is 35.4 Å². The second-order valence-corrected chi connectivity index (χ2v) is 8.87. The molecule has 3 aromatic rings. The van der Waals surface area contributed by atoms with E-state index in [1.54, 1.807) is 17.8 Å². The highest BCUT2D eigenvalue weighted by Gasteiger charge is 2.23. The van der Waals surface area contributed by atoms with Gasteiger partial charge >= 0.3 is 0 Å². The first-order valence-corrected chi connectivity index (χ1v) is 10.3. The first-order valence-electron chi connectivity index (χ1n) is 8.82. The Balaban J connectivity index is 0.00000261. The average Bonchev–Trinajstić information content (AvgIpc) is 3.12. The van der Waals surface area contributed by atoms with Crippen molar-refractivity contribution in [2.24, 2.45) is 0 Å². The van der Waals surface area contributed by atoms with Crippen LogP contribution in [0.5, 0.6) is 0 Å². The molecule has 2 heterocycles. The maximum absolute atomic E-state index is 12.8. The van der Waals surface area contributed by atoms with Crippen molar-refractivity contribution in [1.82, 2.24) is 19.5 Å². The van der Waals surface area contributed by atoms with Crippen molar-refractivity contribution >= 4 is 33.3 Å². The van der Waals surface area contributed by atoms with Crippen LogP contribution in [0.3, 0.4) is 0 Å². The van der Waals surface area contributed by atoms with Crippen molar-refractivity contribution in [2.45, 2.75) is 58.0 Å². The molecule has 27 heavy (non-hydrogen) atoms. The minimum Gasteiger partial charge on any atom is -0.361 e. The van der Waals surface area contributed by atoms with Gasteiger partial charge in [-0.1, -0.05) is 18.2 Å². The molecule has 0 fully saturated rings. The van der Waals surface area contributed by atoms with Gasteiger partial charge in [0.15, 0.2) is 0 Å². The number of H-pyrrole nitrogens is 1. The highest BCUT2D eigenvalue weighted by atomic mass is 35.5. The van der Waals surface area contributed by atoms with Gasteiger partial charge in [0.25, 0.3) is 0 Å². The molecule has 6 nitrogen and oxygen atoms in total. The van der Waals surface area contributed by atoms with E-state index in [2.05, 4.69) is 33.9 Å². The van der Waals surface area contributed by atoms with Crippen LogP contribution in [0.1, 0.15) is 43.6 Å². The number of aryl methyl sites for hydroxylation is 2. The topological polar surface area (TPSA) is 79.8 Å². The predicted molar refractivity (Wildman–Crippen MR) is 111 cm³/mol. The third-order valence-electron chi connectivity index (χ3n) is 4.58. The SMILES string of the molecule is Cc1nn(C(C)C)cc1S(=O)(=O)NC(C)Cc1c[nH]c2c(C)cccc12.Cl. The van der Waals surface area contributed by atoms with Crippen LogP contribution < -0.4 is 4.72 Å². The molecule has 3 rings (SSSR count). The van der Waals surface area contributed by atoms with Gasteiger partial charge in [0.2, 0.25) is 10.0 Å². The van der Waals surface area contributed by atoms with Gasteiger partial charge in [-0.2, -0.15) is 5.10 Å². The number of sulfonamides is 1. The van der Waals surface area contributed by atoms with Crippen molar-refractivity contribution in [1.29, 1.82) is 0 Å². The van der Waals surface area contributed by atoms with E-state index in [9.17, 15) is 8.42 Å². The molecule has 8 heteroatoms. The van der Waals surface area contributed by atoms with Crippen LogP contribution in [0.15, 0.2) is 35.5 Å². The number of nitrogens with one attached hydrogen (secondary N) is 2. The first-order chi connectivity index (χ1) is 12.2. The van der Waals surface area contributed by atoms with Crippen LogP contribution in [0.4, 0.5) is 0 Å². The molecule has 1 atom stereocenters. The summed E-state index contributed by atoms with van der Waals surface area (Å²) >= 11 is 0. The lowest BCUT2D eigenvalue weighted by Crippen LogP contribution is -2.34. The number of hydrogen-bond acceptors (Lipinski definition) is 3. The molecule has 0 aliphatic carbocycles. The Hall–Kier alpha value is -1.83. The van der Waals surface area contributed by atoms with Crippen molar-refractivity contribution in [2.75, 3.05) is 0 Å². The smallest absolute Gasteiger partial charge is 0.244 e. The van der Waals surface area contributed by atoms with Crippen LogP contribution in [0.25, 0.3) is 10.9 Å². The fourth-order valence-corrected chi connectivity index (χ4v) is 4.64. The normalized spacial score (nSPS) is 13.1. The molecule has 1 unspecified atom stereocenters. The second kappa shape index (κ2) is 8.04. The average molecular weight is 411 g/mol. The molecule has 0 amide bonds. The highest BCUT2D eigenvalue weighted by Crippen LogP contribution is 2.23. The second-order valence-electron chi connectivity index (χ2n) is 7.19. The minimum absolute atomic E-state index is 0. The van der Waals surface area contributed by atoms with Crippen molar-refractivity contribution in [3.63, 3.8) is 0 Å². The van der Waals surface area contributed by atoms with Gasteiger partial charge in [0.05, 0.1) is 5.69 Å².